The maximum Gasteiger partial charge on any atom is 0.341 e. The summed E-state index contributed by atoms with van der Waals surface area (Å²) in [7, 11) is 0. The highest BCUT2D eigenvalue weighted by molar-refractivity contribution is 7.65. The highest BCUT2D eigenvalue weighted by Crippen LogP contribution is 2.37. The third-order valence-corrected chi connectivity index (χ3v) is 9.42. The van der Waals surface area contributed by atoms with E-state index in [-0.39, 0.29) is 11.1 Å². The second-order valence-electron chi connectivity index (χ2n) is 6.76. The van der Waals surface area contributed by atoms with Crippen LogP contribution in [0, 0.1) is 0 Å². The lowest BCUT2D eigenvalue weighted by Crippen LogP contribution is -2.15. The van der Waals surface area contributed by atoms with Crippen molar-refractivity contribution < 1.29 is 18.3 Å². The minimum absolute atomic E-state index is 0.144. The van der Waals surface area contributed by atoms with Gasteiger partial charge >= 0.3 is 12.0 Å². The molecule has 0 aliphatic carbocycles. The number of alkyl halides is 2. The maximum atomic E-state index is 14.9. The molecule has 0 amide bonds. The number of hydrogen-bond donors (Lipinski definition) is 0. The second kappa shape index (κ2) is 12.0. The van der Waals surface area contributed by atoms with Crippen LogP contribution in [-0.2, 0) is 5.92 Å². The van der Waals surface area contributed by atoms with Crippen molar-refractivity contribution >= 4 is 78.5 Å². The molecule has 0 heterocycles. The molecule has 2 aromatic carbocycles. The van der Waals surface area contributed by atoms with Gasteiger partial charge in [-0.15, -0.1) is 66.5 Å². The molecule has 0 aliphatic rings. The smallest absolute Gasteiger partial charge is 0.341 e. The predicted molar refractivity (Wildman–Crippen MR) is 132 cm³/mol. The molecule has 31 heavy (non-hydrogen) atoms. The van der Waals surface area contributed by atoms with Gasteiger partial charge in [0.05, 0.1) is 13.2 Å². The Kier molecular flexibility index (Phi) is 10.6. The molecular formula is C19H20Cl6F2O2Si2. The first-order valence-corrected chi connectivity index (χ1v) is 19.8. The third kappa shape index (κ3) is 10.3. The molecule has 0 spiro atoms. The van der Waals surface area contributed by atoms with Crippen LogP contribution in [0.5, 0.6) is 11.5 Å². The fraction of sp³-hybridized carbons (Fsp3) is 0.368. The van der Waals surface area contributed by atoms with Crippen LogP contribution < -0.4 is 9.47 Å². The van der Waals surface area contributed by atoms with Gasteiger partial charge in [-0.2, -0.15) is 8.78 Å². The van der Waals surface area contributed by atoms with Crippen LogP contribution in [0.2, 0.25) is 12.1 Å². The normalized spacial score (nSPS) is 12.6. The Hall–Kier alpha value is 0.0738. The van der Waals surface area contributed by atoms with Gasteiger partial charge in [-0.25, -0.2) is 0 Å². The predicted octanol–water partition coefficient (Wildman–Crippen LogP) is 8.68. The molecule has 0 unspecified atom stereocenters. The van der Waals surface area contributed by atoms with Crippen molar-refractivity contribution in [3.63, 3.8) is 0 Å². The van der Waals surface area contributed by atoms with E-state index in [1.54, 1.807) is 0 Å². The lowest BCUT2D eigenvalue weighted by atomic mass is 10.0. The van der Waals surface area contributed by atoms with Gasteiger partial charge in [-0.3, -0.25) is 0 Å². The molecule has 0 aromatic heterocycles. The summed E-state index contributed by atoms with van der Waals surface area (Å²) in [4.78, 5) is 0. The number of halogens is 8. The summed E-state index contributed by atoms with van der Waals surface area (Å²) in [5, 5.41) is 0. The summed E-state index contributed by atoms with van der Waals surface area (Å²) in [6.45, 7) is 0.698. The fourth-order valence-corrected chi connectivity index (χ4v) is 6.11. The molecule has 2 aromatic rings. The van der Waals surface area contributed by atoms with Crippen molar-refractivity contribution in [1.82, 2.24) is 0 Å². The highest BCUT2D eigenvalue weighted by atomic mass is 35.8. The van der Waals surface area contributed by atoms with Crippen molar-refractivity contribution in [2.75, 3.05) is 13.2 Å². The van der Waals surface area contributed by atoms with Crippen LogP contribution in [0.1, 0.15) is 24.0 Å². The first kappa shape index (κ1) is 27.3. The quantitative estimate of drug-likeness (QED) is 0.141. The minimum atomic E-state index is -3.17. The first-order valence-electron chi connectivity index (χ1n) is 9.35. The topological polar surface area (TPSA) is 18.5 Å². The van der Waals surface area contributed by atoms with Crippen LogP contribution in [0.15, 0.2) is 48.5 Å². The lowest BCUT2D eigenvalue weighted by Gasteiger charge is -2.18. The summed E-state index contributed by atoms with van der Waals surface area (Å²) >= 11 is 34.9. The van der Waals surface area contributed by atoms with Gasteiger partial charge in [0, 0.05) is 11.1 Å². The minimum Gasteiger partial charge on any atom is -0.494 e. The van der Waals surface area contributed by atoms with Crippen molar-refractivity contribution in [1.29, 1.82) is 0 Å². The zero-order chi connectivity index (χ0) is 23.1. The largest absolute Gasteiger partial charge is 0.494 e. The zero-order valence-corrected chi connectivity index (χ0v) is 22.7. The molecule has 0 aliphatic heterocycles. The molecule has 0 bridgehead atoms. The maximum absolute atomic E-state index is 14.9. The molecule has 2 nitrogen and oxygen atoms in total. The van der Waals surface area contributed by atoms with Crippen molar-refractivity contribution in [2.24, 2.45) is 0 Å². The Morgan fingerprint density at radius 3 is 1.23 bits per heavy atom. The summed E-state index contributed by atoms with van der Waals surface area (Å²) in [6.07, 6.45) is 1.17. The average molecular weight is 587 g/mol. The zero-order valence-electron chi connectivity index (χ0n) is 16.2. The van der Waals surface area contributed by atoms with Gasteiger partial charge < -0.3 is 9.47 Å². The molecule has 0 radical (unpaired) electrons. The van der Waals surface area contributed by atoms with E-state index < -0.39 is 17.9 Å². The SMILES string of the molecule is FC(F)(c1ccc(OCCC[Si](Cl)(Cl)Cl)cc1)c1ccc(OCCC[Si](Cl)(Cl)Cl)cc1. The fourth-order valence-electron chi connectivity index (χ4n) is 2.61. The Morgan fingerprint density at radius 2 is 0.935 bits per heavy atom. The first-order chi connectivity index (χ1) is 14.4. The molecule has 0 atom stereocenters. The van der Waals surface area contributed by atoms with Crippen LogP contribution in [-0.4, -0.2) is 25.2 Å². The summed E-state index contributed by atoms with van der Waals surface area (Å²) in [5.41, 5.74) is -0.287. The van der Waals surface area contributed by atoms with E-state index >= 15 is 0 Å². The third-order valence-electron chi connectivity index (χ3n) is 4.18. The van der Waals surface area contributed by atoms with Crippen molar-refractivity contribution in [2.45, 2.75) is 30.9 Å². The van der Waals surface area contributed by atoms with E-state index in [0.29, 0.717) is 49.6 Å². The van der Waals surface area contributed by atoms with Crippen LogP contribution in [0.25, 0.3) is 0 Å². The molecule has 0 saturated carbocycles. The monoisotopic (exact) mass is 584 g/mol. The van der Waals surface area contributed by atoms with E-state index in [1.165, 1.54) is 48.5 Å². The Labute approximate surface area is 210 Å². The van der Waals surface area contributed by atoms with E-state index in [9.17, 15) is 8.78 Å². The van der Waals surface area contributed by atoms with Gasteiger partial charge in [-0.1, -0.05) is 0 Å². The number of hydrogen-bond acceptors (Lipinski definition) is 2. The van der Waals surface area contributed by atoms with Crippen LogP contribution in [0.4, 0.5) is 8.78 Å². The average Bonchev–Trinajstić information content (AvgIpc) is 2.68. The molecule has 0 fully saturated rings. The molecule has 12 heteroatoms. The van der Waals surface area contributed by atoms with E-state index in [1.807, 2.05) is 0 Å². The van der Waals surface area contributed by atoms with Gasteiger partial charge in [0.1, 0.15) is 11.5 Å². The van der Waals surface area contributed by atoms with Crippen LogP contribution in [0.3, 0.4) is 0 Å². The van der Waals surface area contributed by atoms with Gasteiger partial charge in [0.2, 0.25) is 0 Å². The summed E-state index contributed by atoms with van der Waals surface area (Å²) < 4.78 is 40.8. The standard InChI is InChI=1S/C19H20Cl6F2O2Si2/c20-30(21,22)13-1-11-28-17-7-3-15(4-8-17)19(26,27)16-5-9-18(10-6-16)29-12-2-14-31(23,24)25/h3-10H,1-2,11-14H2. The number of rotatable bonds is 12. The lowest BCUT2D eigenvalue weighted by molar-refractivity contribution is 0.0427. The summed E-state index contributed by atoms with van der Waals surface area (Å²) in [6, 6.07) is 6.96. The van der Waals surface area contributed by atoms with E-state index in [0.717, 1.165) is 0 Å². The molecular weight excluding hydrogens is 567 g/mol. The Balaban J connectivity index is 1.90. The summed E-state index contributed by atoms with van der Waals surface area (Å²) in [5.74, 6) is -2.21. The Morgan fingerprint density at radius 1 is 0.613 bits per heavy atom. The molecule has 2 rings (SSSR count). The number of ether oxygens (including phenoxy) is 2. The van der Waals surface area contributed by atoms with Crippen LogP contribution >= 0.6 is 66.5 Å². The molecule has 0 N–H and O–H groups in total. The van der Waals surface area contributed by atoms with E-state index in [2.05, 4.69) is 0 Å². The highest BCUT2D eigenvalue weighted by Gasteiger charge is 2.34. The second-order valence-corrected chi connectivity index (χ2v) is 25.3. The van der Waals surface area contributed by atoms with Crippen molar-refractivity contribution in [3.8, 4) is 11.5 Å². The van der Waals surface area contributed by atoms with Crippen molar-refractivity contribution in [3.05, 3.63) is 59.7 Å². The molecule has 0 saturated heterocycles. The van der Waals surface area contributed by atoms with Gasteiger partial charge in [-0.05, 0) is 73.5 Å². The Bertz CT molecular complexity index is 745. The van der Waals surface area contributed by atoms with Gasteiger partial charge in [0.25, 0.3) is 5.92 Å². The number of benzene rings is 2. The van der Waals surface area contributed by atoms with E-state index in [4.69, 9.17) is 75.9 Å². The molecule has 172 valence electrons. The van der Waals surface area contributed by atoms with Gasteiger partial charge in [0.15, 0.2) is 0 Å².